The van der Waals surface area contributed by atoms with Gasteiger partial charge in [0.05, 0.1) is 0 Å². The number of hydrogen-bond donors (Lipinski definition) is 2. The number of rotatable bonds is 4. The SMILES string of the molecule is CCC(Cc1ccc2c(c1)CCC2)NN. The maximum absolute atomic E-state index is 5.49. The third kappa shape index (κ3) is 2.39. The van der Waals surface area contributed by atoms with Crippen molar-refractivity contribution in [3.8, 4) is 0 Å². The lowest BCUT2D eigenvalue weighted by atomic mass is 10.0. The maximum atomic E-state index is 5.49. The molecule has 1 aromatic rings. The first-order chi connectivity index (χ1) is 7.33. The molecular weight excluding hydrogens is 184 g/mol. The summed E-state index contributed by atoms with van der Waals surface area (Å²) in [6, 6.07) is 7.32. The van der Waals surface area contributed by atoms with E-state index in [0.29, 0.717) is 6.04 Å². The molecule has 2 heteroatoms. The van der Waals surface area contributed by atoms with E-state index >= 15 is 0 Å². The van der Waals surface area contributed by atoms with Crippen molar-refractivity contribution in [2.24, 2.45) is 5.84 Å². The number of hydrogen-bond acceptors (Lipinski definition) is 2. The Kier molecular flexibility index (Phi) is 3.39. The van der Waals surface area contributed by atoms with Gasteiger partial charge in [-0.15, -0.1) is 0 Å². The molecule has 82 valence electrons. The zero-order valence-electron chi connectivity index (χ0n) is 9.42. The Balaban J connectivity index is 2.09. The van der Waals surface area contributed by atoms with Crippen molar-refractivity contribution in [3.63, 3.8) is 0 Å². The molecule has 0 saturated carbocycles. The molecule has 2 nitrogen and oxygen atoms in total. The minimum absolute atomic E-state index is 0.407. The number of fused-ring (bicyclic) bond motifs is 1. The van der Waals surface area contributed by atoms with Crippen LogP contribution in [0.5, 0.6) is 0 Å². The zero-order valence-corrected chi connectivity index (χ0v) is 9.42. The average Bonchev–Trinajstić information content (AvgIpc) is 2.73. The summed E-state index contributed by atoms with van der Waals surface area (Å²) >= 11 is 0. The van der Waals surface area contributed by atoms with Crippen molar-refractivity contribution >= 4 is 0 Å². The van der Waals surface area contributed by atoms with Gasteiger partial charge in [0.15, 0.2) is 0 Å². The van der Waals surface area contributed by atoms with Crippen LogP contribution < -0.4 is 11.3 Å². The van der Waals surface area contributed by atoms with Crippen LogP contribution in [0.1, 0.15) is 36.5 Å². The van der Waals surface area contributed by atoms with Crippen LogP contribution in [0.2, 0.25) is 0 Å². The third-order valence-electron chi connectivity index (χ3n) is 3.37. The fourth-order valence-electron chi connectivity index (χ4n) is 2.36. The van der Waals surface area contributed by atoms with E-state index in [4.69, 9.17) is 5.84 Å². The molecule has 1 aromatic carbocycles. The Morgan fingerprint density at radius 2 is 2.13 bits per heavy atom. The first kappa shape index (κ1) is 10.7. The highest BCUT2D eigenvalue weighted by Gasteiger charge is 2.12. The van der Waals surface area contributed by atoms with Gasteiger partial charge in [-0.1, -0.05) is 25.1 Å². The highest BCUT2D eigenvalue weighted by molar-refractivity contribution is 5.35. The standard InChI is InChI=1S/C13H20N2/c1-2-13(15-14)9-10-6-7-11-4-3-5-12(11)8-10/h6-8,13,15H,2-5,9,14H2,1H3. The van der Waals surface area contributed by atoms with Crippen LogP contribution in [-0.4, -0.2) is 6.04 Å². The summed E-state index contributed by atoms with van der Waals surface area (Å²) in [6.07, 6.45) is 5.97. The summed E-state index contributed by atoms with van der Waals surface area (Å²) in [5.74, 6) is 5.49. The third-order valence-corrected chi connectivity index (χ3v) is 3.37. The molecule has 15 heavy (non-hydrogen) atoms. The molecule has 0 aliphatic heterocycles. The van der Waals surface area contributed by atoms with Crippen molar-refractivity contribution in [3.05, 3.63) is 34.9 Å². The van der Waals surface area contributed by atoms with Crippen LogP contribution in [0.25, 0.3) is 0 Å². The van der Waals surface area contributed by atoms with E-state index in [-0.39, 0.29) is 0 Å². The van der Waals surface area contributed by atoms with Crippen LogP contribution in [0.4, 0.5) is 0 Å². The van der Waals surface area contributed by atoms with Crippen molar-refractivity contribution in [1.82, 2.24) is 5.43 Å². The molecule has 2 rings (SSSR count). The summed E-state index contributed by atoms with van der Waals surface area (Å²) < 4.78 is 0. The van der Waals surface area contributed by atoms with Crippen LogP contribution in [0.3, 0.4) is 0 Å². The molecule has 0 spiro atoms. The Morgan fingerprint density at radius 1 is 1.33 bits per heavy atom. The second kappa shape index (κ2) is 4.77. The quantitative estimate of drug-likeness (QED) is 0.581. The Labute approximate surface area is 91.8 Å². The molecule has 1 atom stereocenters. The summed E-state index contributed by atoms with van der Waals surface area (Å²) in [4.78, 5) is 0. The minimum Gasteiger partial charge on any atom is -0.271 e. The second-order valence-electron chi connectivity index (χ2n) is 4.43. The van der Waals surface area contributed by atoms with Gasteiger partial charge in [-0.25, -0.2) is 0 Å². The first-order valence-corrected chi connectivity index (χ1v) is 5.90. The molecule has 0 saturated heterocycles. The molecule has 3 N–H and O–H groups in total. The topological polar surface area (TPSA) is 38.0 Å². The number of aryl methyl sites for hydroxylation is 2. The molecule has 1 aliphatic carbocycles. The molecule has 0 fully saturated rings. The summed E-state index contributed by atoms with van der Waals surface area (Å²) in [6.45, 7) is 2.16. The number of nitrogens with two attached hydrogens (primary N) is 1. The number of nitrogens with one attached hydrogen (secondary N) is 1. The molecule has 0 aromatic heterocycles. The van der Waals surface area contributed by atoms with Gasteiger partial charge in [0, 0.05) is 6.04 Å². The summed E-state index contributed by atoms with van der Waals surface area (Å²) in [5, 5.41) is 0. The number of hydrazine groups is 1. The second-order valence-corrected chi connectivity index (χ2v) is 4.43. The smallest absolute Gasteiger partial charge is 0.0248 e. The predicted octanol–water partition coefficient (Wildman–Crippen LogP) is 1.96. The van der Waals surface area contributed by atoms with Crippen molar-refractivity contribution in [1.29, 1.82) is 0 Å². The van der Waals surface area contributed by atoms with Crippen LogP contribution >= 0.6 is 0 Å². The lowest BCUT2D eigenvalue weighted by Crippen LogP contribution is -2.36. The lowest BCUT2D eigenvalue weighted by Gasteiger charge is -2.14. The van der Waals surface area contributed by atoms with E-state index in [0.717, 1.165) is 12.8 Å². The molecule has 1 aliphatic rings. The summed E-state index contributed by atoms with van der Waals surface area (Å²) in [5.41, 5.74) is 7.39. The van der Waals surface area contributed by atoms with Gasteiger partial charge in [0.25, 0.3) is 0 Å². The van der Waals surface area contributed by atoms with Gasteiger partial charge < -0.3 is 0 Å². The minimum atomic E-state index is 0.407. The van der Waals surface area contributed by atoms with Gasteiger partial charge in [-0.05, 0) is 48.8 Å². The predicted molar refractivity (Wildman–Crippen MR) is 63.6 cm³/mol. The maximum Gasteiger partial charge on any atom is 0.0248 e. The molecule has 0 radical (unpaired) electrons. The van der Waals surface area contributed by atoms with Gasteiger partial charge >= 0.3 is 0 Å². The van der Waals surface area contributed by atoms with Gasteiger partial charge in [-0.2, -0.15) is 0 Å². The first-order valence-electron chi connectivity index (χ1n) is 5.90. The zero-order chi connectivity index (χ0) is 10.7. The lowest BCUT2D eigenvalue weighted by molar-refractivity contribution is 0.511. The van der Waals surface area contributed by atoms with E-state index in [1.807, 2.05) is 0 Å². The highest BCUT2D eigenvalue weighted by Crippen LogP contribution is 2.23. The van der Waals surface area contributed by atoms with E-state index < -0.39 is 0 Å². The van der Waals surface area contributed by atoms with Crippen LogP contribution in [0.15, 0.2) is 18.2 Å². The van der Waals surface area contributed by atoms with Gasteiger partial charge in [-0.3, -0.25) is 11.3 Å². The van der Waals surface area contributed by atoms with Crippen LogP contribution in [-0.2, 0) is 19.3 Å². The van der Waals surface area contributed by atoms with E-state index in [9.17, 15) is 0 Å². The Hall–Kier alpha value is -0.860. The fraction of sp³-hybridized carbons (Fsp3) is 0.538. The molecule has 1 unspecified atom stereocenters. The van der Waals surface area contributed by atoms with Crippen molar-refractivity contribution < 1.29 is 0 Å². The largest absolute Gasteiger partial charge is 0.271 e. The average molecular weight is 204 g/mol. The Morgan fingerprint density at radius 3 is 2.87 bits per heavy atom. The van der Waals surface area contributed by atoms with Gasteiger partial charge in [0.1, 0.15) is 0 Å². The summed E-state index contributed by atoms with van der Waals surface area (Å²) in [7, 11) is 0. The monoisotopic (exact) mass is 204 g/mol. The molecular formula is C13H20N2. The van der Waals surface area contributed by atoms with E-state index in [2.05, 4.69) is 30.5 Å². The van der Waals surface area contributed by atoms with E-state index in [1.54, 1.807) is 11.1 Å². The normalized spacial score (nSPS) is 16.4. The molecule has 0 bridgehead atoms. The molecule has 0 amide bonds. The Bertz CT molecular complexity index is 329. The van der Waals surface area contributed by atoms with E-state index in [1.165, 1.54) is 24.8 Å². The van der Waals surface area contributed by atoms with Gasteiger partial charge in [0.2, 0.25) is 0 Å². The number of benzene rings is 1. The van der Waals surface area contributed by atoms with Crippen LogP contribution in [0, 0.1) is 0 Å². The molecule has 0 heterocycles. The fourth-order valence-corrected chi connectivity index (χ4v) is 2.36. The van der Waals surface area contributed by atoms with Crippen molar-refractivity contribution in [2.75, 3.05) is 0 Å². The van der Waals surface area contributed by atoms with Crippen molar-refractivity contribution in [2.45, 2.75) is 45.1 Å². The highest BCUT2D eigenvalue weighted by atomic mass is 15.2.